The zero-order chi connectivity index (χ0) is 32.6. The quantitative estimate of drug-likeness (QED) is 0.266. The number of piperazine rings is 1. The lowest BCUT2D eigenvalue weighted by Gasteiger charge is -2.32. The van der Waals surface area contributed by atoms with Gasteiger partial charge >= 0.3 is 0 Å². The van der Waals surface area contributed by atoms with Gasteiger partial charge in [-0.1, -0.05) is 12.1 Å². The lowest BCUT2D eigenvalue weighted by molar-refractivity contribution is -0.132. The molecule has 244 valence electrons. The zero-order valence-electron chi connectivity index (χ0n) is 27.4. The molecule has 1 saturated heterocycles. The molecule has 10 nitrogen and oxygen atoms in total. The summed E-state index contributed by atoms with van der Waals surface area (Å²) in [5.41, 5.74) is 5.19. The maximum absolute atomic E-state index is 13.6. The summed E-state index contributed by atoms with van der Waals surface area (Å²) in [5, 5.41) is 6.25. The van der Waals surface area contributed by atoms with Gasteiger partial charge in [0.25, 0.3) is 11.8 Å². The summed E-state index contributed by atoms with van der Waals surface area (Å²) in [5.74, 6) is 0.798. The predicted molar refractivity (Wildman–Crippen MR) is 182 cm³/mol. The van der Waals surface area contributed by atoms with Crippen molar-refractivity contribution in [2.75, 3.05) is 76.1 Å². The molecule has 0 saturated carbocycles. The van der Waals surface area contributed by atoms with Crippen molar-refractivity contribution in [3.05, 3.63) is 76.9 Å². The number of nitrogens with zero attached hydrogens (tertiary/aromatic N) is 3. The van der Waals surface area contributed by atoms with Crippen LogP contribution in [-0.2, 0) is 11.2 Å². The highest BCUT2D eigenvalue weighted by atomic mass is 16.5. The van der Waals surface area contributed by atoms with Gasteiger partial charge in [-0.2, -0.15) is 0 Å². The summed E-state index contributed by atoms with van der Waals surface area (Å²) < 4.78 is 11.8. The number of fused-ring (bicyclic) bond motifs is 1. The Bertz CT molecular complexity index is 1570. The monoisotopic (exact) mass is 627 g/mol. The average molecular weight is 628 g/mol. The fourth-order valence-corrected chi connectivity index (χ4v) is 5.94. The number of amides is 3. The number of carbonyl (C=O) groups excluding carboxylic acids is 3. The predicted octanol–water partition coefficient (Wildman–Crippen LogP) is 5.21. The van der Waals surface area contributed by atoms with Gasteiger partial charge in [-0.25, -0.2) is 0 Å². The minimum absolute atomic E-state index is 0.224. The molecule has 3 amide bonds. The second-order valence-corrected chi connectivity index (χ2v) is 12.1. The van der Waals surface area contributed by atoms with Crippen LogP contribution in [0.4, 0.5) is 17.1 Å². The van der Waals surface area contributed by atoms with Crippen LogP contribution in [0.1, 0.15) is 57.5 Å². The molecule has 0 spiro atoms. The third-order valence-electron chi connectivity index (χ3n) is 8.74. The van der Waals surface area contributed by atoms with Crippen molar-refractivity contribution in [2.24, 2.45) is 0 Å². The highest BCUT2D eigenvalue weighted by Crippen LogP contribution is 2.33. The highest BCUT2D eigenvalue weighted by molar-refractivity contribution is 6.09. The Balaban J connectivity index is 1.17. The van der Waals surface area contributed by atoms with E-state index in [1.54, 1.807) is 30.1 Å². The molecule has 1 fully saturated rings. The maximum atomic E-state index is 13.6. The molecule has 46 heavy (non-hydrogen) atoms. The van der Waals surface area contributed by atoms with Crippen LogP contribution in [0.15, 0.2) is 54.6 Å². The van der Waals surface area contributed by atoms with Crippen molar-refractivity contribution in [1.29, 1.82) is 0 Å². The molecule has 10 heteroatoms. The molecule has 3 aromatic rings. The van der Waals surface area contributed by atoms with Gasteiger partial charge in [-0.15, -0.1) is 0 Å². The van der Waals surface area contributed by atoms with E-state index in [1.165, 1.54) is 7.11 Å². The number of methoxy groups -OCH3 is 1. The molecule has 2 aliphatic rings. The second kappa shape index (κ2) is 15.1. The van der Waals surface area contributed by atoms with Crippen LogP contribution in [0.5, 0.6) is 11.5 Å². The van der Waals surface area contributed by atoms with Gasteiger partial charge in [0.05, 0.1) is 25.1 Å². The molecule has 3 aromatic carbocycles. The van der Waals surface area contributed by atoms with Crippen molar-refractivity contribution in [1.82, 2.24) is 9.80 Å². The van der Waals surface area contributed by atoms with E-state index in [0.717, 1.165) is 75.2 Å². The smallest absolute Gasteiger partial charge is 0.258 e. The first-order valence-electron chi connectivity index (χ1n) is 16.1. The summed E-state index contributed by atoms with van der Waals surface area (Å²) >= 11 is 0. The molecule has 2 N–H and O–H groups in total. The van der Waals surface area contributed by atoms with Crippen molar-refractivity contribution in [3.63, 3.8) is 0 Å². The Kier molecular flexibility index (Phi) is 10.8. The van der Waals surface area contributed by atoms with E-state index in [-0.39, 0.29) is 17.7 Å². The number of benzene rings is 3. The number of unbranched alkanes of at least 4 members (excludes halogenated alkanes) is 2. The number of likely N-dealkylation sites (N-methyl/N-ethyl adjacent to an activating group) is 1. The van der Waals surface area contributed by atoms with Gasteiger partial charge < -0.3 is 34.8 Å². The van der Waals surface area contributed by atoms with E-state index in [9.17, 15) is 14.4 Å². The number of hydrogen-bond acceptors (Lipinski definition) is 7. The number of nitrogens with one attached hydrogen (secondary N) is 2. The van der Waals surface area contributed by atoms with E-state index in [0.29, 0.717) is 47.0 Å². The van der Waals surface area contributed by atoms with E-state index in [1.807, 2.05) is 48.2 Å². The summed E-state index contributed by atoms with van der Waals surface area (Å²) in [7, 11) is 5.32. The minimum Gasteiger partial charge on any atom is -0.495 e. The maximum Gasteiger partial charge on any atom is 0.258 e. The Morgan fingerprint density at radius 1 is 0.957 bits per heavy atom. The molecule has 5 rings (SSSR count). The average Bonchev–Trinajstić information content (AvgIpc) is 3.55. The van der Waals surface area contributed by atoms with E-state index in [4.69, 9.17) is 9.47 Å². The van der Waals surface area contributed by atoms with Gasteiger partial charge in [-0.05, 0) is 93.2 Å². The van der Waals surface area contributed by atoms with Gasteiger partial charge in [0, 0.05) is 63.0 Å². The van der Waals surface area contributed by atoms with Crippen LogP contribution in [-0.4, -0.2) is 88.1 Å². The third-order valence-corrected chi connectivity index (χ3v) is 8.74. The summed E-state index contributed by atoms with van der Waals surface area (Å²) in [6, 6.07) is 16.4. The van der Waals surface area contributed by atoms with Crippen molar-refractivity contribution in [2.45, 2.75) is 39.0 Å². The van der Waals surface area contributed by atoms with E-state index >= 15 is 0 Å². The molecular formula is C36H45N5O5. The van der Waals surface area contributed by atoms with E-state index < -0.39 is 0 Å². The molecule has 0 unspecified atom stereocenters. The van der Waals surface area contributed by atoms with Crippen LogP contribution in [0.3, 0.4) is 0 Å². The molecular weight excluding hydrogens is 582 g/mol. The third kappa shape index (κ3) is 7.80. The molecule has 0 aliphatic carbocycles. The summed E-state index contributed by atoms with van der Waals surface area (Å²) in [4.78, 5) is 45.1. The number of ether oxygens (including phenoxy) is 2. The van der Waals surface area contributed by atoms with Crippen molar-refractivity contribution >= 4 is 34.8 Å². The molecule has 0 bridgehead atoms. The number of rotatable bonds is 12. The number of aryl methyl sites for hydroxylation is 1. The Labute approximate surface area is 271 Å². The van der Waals surface area contributed by atoms with Crippen LogP contribution in [0, 0.1) is 6.92 Å². The number of hydrogen-bond donors (Lipinski definition) is 2. The van der Waals surface area contributed by atoms with Crippen LogP contribution in [0.25, 0.3) is 0 Å². The fraction of sp³-hybridized carbons (Fsp3) is 0.417. The molecule has 0 atom stereocenters. The molecule has 2 heterocycles. The van der Waals surface area contributed by atoms with Crippen LogP contribution < -0.4 is 25.0 Å². The van der Waals surface area contributed by atoms with Gasteiger partial charge in [0.2, 0.25) is 5.91 Å². The number of carbonyl (C=O) groups is 3. The fourth-order valence-electron chi connectivity index (χ4n) is 5.94. The van der Waals surface area contributed by atoms with Crippen LogP contribution >= 0.6 is 0 Å². The van der Waals surface area contributed by atoms with Crippen molar-refractivity contribution in [3.8, 4) is 11.5 Å². The topological polar surface area (TPSA) is 103 Å². The first-order valence-corrected chi connectivity index (χ1v) is 16.1. The lowest BCUT2D eigenvalue weighted by Crippen LogP contribution is -2.47. The Morgan fingerprint density at radius 2 is 1.76 bits per heavy atom. The zero-order valence-corrected chi connectivity index (χ0v) is 27.4. The first kappa shape index (κ1) is 32.8. The molecule has 0 radical (unpaired) electrons. The minimum atomic E-state index is -0.237. The standard InChI is InChI=1S/C36H45N5O5/c1-25-12-15-31(33(23-25)46-22-7-5-6-11-34(42)41-20-18-39(2)19-21-41)40(3)36(44)26-13-14-30(32(24-26)45-4)38-35(43)28-9-8-10-29-27(28)16-17-37-29/h8-10,12-15,23-24,37H,5-7,11,16-22H2,1-4H3,(H,38,43). The van der Waals surface area contributed by atoms with Gasteiger partial charge in [0.1, 0.15) is 11.5 Å². The molecule has 2 aliphatic heterocycles. The first-order chi connectivity index (χ1) is 22.2. The van der Waals surface area contributed by atoms with Crippen molar-refractivity contribution < 1.29 is 23.9 Å². The summed E-state index contributed by atoms with van der Waals surface area (Å²) in [6.07, 6.45) is 3.89. The van der Waals surface area contributed by atoms with E-state index in [2.05, 4.69) is 22.6 Å². The summed E-state index contributed by atoms with van der Waals surface area (Å²) in [6.45, 7) is 6.76. The normalized spacial score (nSPS) is 14.3. The second-order valence-electron chi connectivity index (χ2n) is 12.1. The van der Waals surface area contributed by atoms with Gasteiger partial charge in [-0.3, -0.25) is 14.4 Å². The van der Waals surface area contributed by atoms with Crippen LogP contribution in [0.2, 0.25) is 0 Å². The largest absolute Gasteiger partial charge is 0.495 e. The molecule has 0 aromatic heterocycles. The Morgan fingerprint density at radius 3 is 2.54 bits per heavy atom. The SMILES string of the molecule is COc1cc(C(=O)N(C)c2ccc(C)cc2OCCCCCC(=O)N2CCN(C)CC2)ccc1NC(=O)c1cccc2c1CCN2. The highest BCUT2D eigenvalue weighted by Gasteiger charge is 2.22. The lowest BCUT2D eigenvalue weighted by atomic mass is 10.0. The number of anilines is 3. The Hall–Kier alpha value is -4.57. The van der Waals surface area contributed by atoms with Gasteiger partial charge in [0.15, 0.2) is 0 Å².